The van der Waals surface area contributed by atoms with Crippen molar-refractivity contribution in [3.8, 4) is 0 Å². The Morgan fingerprint density at radius 3 is 2.41 bits per heavy atom. The van der Waals surface area contributed by atoms with Crippen molar-refractivity contribution in [3.05, 3.63) is 80.7 Å². The van der Waals surface area contributed by atoms with Crippen LogP contribution in [-0.2, 0) is 10.0 Å². The lowest BCUT2D eigenvalue weighted by atomic mass is 10.2. The first-order valence-electron chi connectivity index (χ1n) is 11.2. The summed E-state index contributed by atoms with van der Waals surface area (Å²) in [5.74, 6) is -0.523. The Kier molecular flexibility index (Phi) is 7.78. The minimum atomic E-state index is -3.67. The first-order valence-corrected chi connectivity index (χ1v) is 14.3. The molecule has 0 spiro atoms. The maximum atomic E-state index is 13.5. The van der Waals surface area contributed by atoms with Gasteiger partial charge in [-0.15, -0.1) is 0 Å². The molecule has 0 aliphatic heterocycles. The Hall–Kier alpha value is -3.52. The minimum absolute atomic E-state index is 0.0419. The van der Waals surface area contributed by atoms with E-state index in [9.17, 15) is 23.3 Å². The van der Waals surface area contributed by atoms with Crippen LogP contribution in [0.3, 0.4) is 0 Å². The maximum absolute atomic E-state index is 13.5. The van der Waals surface area contributed by atoms with E-state index in [1.165, 1.54) is 52.2 Å². The van der Waals surface area contributed by atoms with Crippen LogP contribution >= 0.6 is 22.7 Å². The number of hydrazone groups is 1. The lowest BCUT2D eigenvalue weighted by Gasteiger charge is -2.19. The lowest BCUT2D eigenvalue weighted by Crippen LogP contribution is -2.30. The smallest absolute Gasteiger partial charge is 0.267 e. The number of anilines is 1. The van der Waals surface area contributed by atoms with Crippen molar-refractivity contribution in [2.75, 3.05) is 18.1 Å². The Labute approximate surface area is 221 Å². The molecule has 0 aliphatic rings. The minimum Gasteiger partial charge on any atom is -0.267 e. The van der Waals surface area contributed by atoms with Gasteiger partial charge in [0, 0.05) is 24.7 Å². The Balaban J connectivity index is 1.71. The molecule has 0 saturated heterocycles. The zero-order chi connectivity index (χ0) is 26.7. The average molecular weight is 558 g/mol. The second-order valence-electron chi connectivity index (χ2n) is 7.88. The molecule has 10 nitrogen and oxygen atoms in total. The summed E-state index contributed by atoms with van der Waals surface area (Å²) in [4.78, 5) is 29.2. The third-order valence-corrected chi connectivity index (χ3v) is 9.47. The van der Waals surface area contributed by atoms with Gasteiger partial charge in [-0.1, -0.05) is 42.6 Å². The third-order valence-electron chi connectivity index (χ3n) is 5.44. The van der Waals surface area contributed by atoms with Crippen LogP contribution in [0.15, 0.2) is 64.6 Å². The number of carbonyl (C=O) groups is 1. The van der Waals surface area contributed by atoms with Crippen molar-refractivity contribution >= 4 is 65.2 Å². The van der Waals surface area contributed by atoms with Crippen LogP contribution < -0.4 is 5.01 Å². The fourth-order valence-electron chi connectivity index (χ4n) is 3.53. The summed E-state index contributed by atoms with van der Waals surface area (Å²) >= 11 is 2.21. The fourth-order valence-corrected chi connectivity index (χ4v) is 6.69. The van der Waals surface area contributed by atoms with Crippen molar-refractivity contribution in [1.82, 2.24) is 9.29 Å². The highest BCUT2D eigenvalue weighted by Gasteiger charge is 2.24. The molecule has 0 aliphatic carbocycles. The number of fused-ring (bicyclic) bond motifs is 1. The standard InChI is InChI=1S/C24H23N5O5S3/c1-4-27(5-2)37(33,34)19-10-7-17(8-11-19)23(30)28(25-15-18-9-13-22(35-18)29(31)32)24-26-20-12-6-16(3)14-21(20)36-24/h6-15H,4-5H2,1-3H3/b25-15+. The highest BCUT2D eigenvalue weighted by molar-refractivity contribution is 7.89. The number of nitrogens with zero attached hydrogens (tertiary/aromatic N) is 5. The summed E-state index contributed by atoms with van der Waals surface area (Å²) in [6.07, 6.45) is 1.37. The molecule has 0 N–H and O–H groups in total. The number of hydrogen-bond donors (Lipinski definition) is 0. The molecule has 1 amide bonds. The summed E-state index contributed by atoms with van der Waals surface area (Å²) in [5.41, 5.74) is 1.95. The SMILES string of the molecule is CCN(CC)S(=O)(=O)c1ccc(C(=O)N(/N=C/c2ccc([N+](=O)[O-])s2)c2nc3ccc(C)cc3s2)cc1. The van der Waals surface area contributed by atoms with E-state index < -0.39 is 20.9 Å². The quantitative estimate of drug-likeness (QED) is 0.156. The molecular formula is C24H23N5O5S3. The van der Waals surface area contributed by atoms with Gasteiger partial charge < -0.3 is 0 Å². The lowest BCUT2D eigenvalue weighted by molar-refractivity contribution is -0.380. The van der Waals surface area contributed by atoms with Crippen molar-refractivity contribution in [3.63, 3.8) is 0 Å². The van der Waals surface area contributed by atoms with Crippen molar-refractivity contribution in [2.24, 2.45) is 5.10 Å². The molecule has 37 heavy (non-hydrogen) atoms. The number of rotatable bonds is 9. The van der Waals surface area contributed by atoms with Crippen LogP contribution in [0.1, 0.15) is 34.6 Å². The fraction of sp³-hybridized carbons (Fsp3) is 0.208. The molecule has 0 radical (unpaired) electrons. The van der Waals surface area contributed by atoms with Crippen LogP contribution in [-0.4, -0.2) is 47.8 Å². The molecule has 192 valence electrons. The second kappa shape index (κ2) is 10.8. The number of hydrogen-bond acceptors (Lipinski definition) is 9. The molecule has 2 aromatic heterocycles. The van der Waals surface area contributed by atoms with Crippen LogP contribution in [0.2, 0.25) is 0 Å². The number of thiazole rings is 1. The number of amides is 1. The number of carbonyl (C=O) groups excluding carboxylic acids is 1. The number of thiophene rings is 1. The van der Waals surface area contributed by atoms with Gasteiger partial charge in [-0.25, -0.2) is 13.4 Å². The first kappa shape index (κ1) is 26.5. The molecule has 2 aromatic carbocycles. The van der Waals surface area contributed by atoms with Crippen LogP contribution in [0, 0.1) is 17.0 Å². The largest absolute Gasteiger partial charge is 0.324 e. The van der Waals surface area contributed by atoms with Gasteiger partial charge in [-0.05, 0) is 55.0 Å². The number of sulfonamides is 1. The summed E-state index contributed by atoms with van der Waals surface area (Å²) in [7, 11) is -3.67. The zero-order valence-electron chi connectivity index (χ0n) is 20.2. The summed E-state index contributed by atoms with van der Waals surface area (Å²) in [6, 6.07) is 14.3. The summed E-state index contributed by atoms with van der Waals surface area (Å²) < 4.78 is 27.8. The van der Waals surface area contributed by atoms with E-state index in [4.69, 9.17) is 0 Å². The van der Waals surface area contributed by atoms with E-state index in [0.29, 0.717) is 28.6 Å². The number of aryl methyl sites for hydroxylation is 1. The molecule has 2 heterocycles. The van der Waals surface area contributed by atoms with E-state index in [2.05, 4.69) is 10.1 Å². The molecule has 0 atom stereocenters. The summed E-state index contributed by atoms with van der Waals surface area (Å²) in [6.45, 7) is 6.14. The normalized spacial score (nSPS) is 12.0. The van der Waals surface area contributed by atoms with E-state index in [1.54, 1.807) is 19.9 Å². The van der Waals surface area contributed by atoms with Crippen LogP contribution in [0.25, 0.3) is 10.2 Å². The number of aromatic nitrogens is 1. The molecule has 0 bridgehead atoms. The third kappa shape index (κ3) is 5.59. The van der Waals surface area contributed by atoms with Gasteiger partial charge in [0.1, 0.15) is 0 Å². The second-order valence-corrected chi connectivity index (χ2v) is 11.9. The zero-order valence-corrected chi connectivity index (χ0v) is 22.6. The molecule has 0 unspecified atom stereocenters. The van der Waals surface area contributed by atoms with Gasteiger partial charge in [0.25, 0.3) is 5.91 Å². The van der Waals surface area contributed by atoms with Gasteiger partial charge >= 0.3 is 5.00 Å². The Morgan fingerprint density at radius 2 is 1.78 bits per heavy atom. The average Bonchev–Trinajstić information content (AvgIpc) is 3.52. The monoisotopic (exact) mass is 557 g/mol. The van der Waals surface area contributed by atoms with Crippen LogP contribution in [0.5, 0.6) is 0 Å². The molecule has 4 rings (SSSR count). The van der Waals surface area contributed by atoms with E-state index in [0.717, 1.165) is 26.6 Å². The predicted octanol–water partition coefficient (Wildman–Crippen LogP) is 5.29. The Morgan fingerprint density at radius 1 is 1.08 bits per heavy atom. The summed E-state index contributed by atoms with van der Waals surface area (Å²) in [5, 5.41) is 16.7. The van der Waals surface area contributed by atoms with Gasteiger partial charge in [0.2, 0.25) is 15.2 Å². The highest BCUT2D eigenvalue weighted by Crippen LogP contribution is 2.31. The number of benzene rings is 2. The molecule has 13 heteroatoms. The van der Waals surface area contributed by atoms with E-state index in [1.807, 2.05) is 25.1 Å². The van der Waals surface area contributed by atoms with Crippen LogP contribution in [0.4, 0.5) is 10.1 Å². The van der Waals surface area contributed by atoms with Gasteiger partial charge in [-0.2, -0.15) is 14.4 Å². The van der Waals surface area contributed by atoms with Gasteiger partial charge in [0.05, 0.1) is 31.1 Å². The molecule has 4 aromatic rings. The topological polar surface area (TPSA) is 126 Å². The van der Waals surface area contributed by atoms with Crippen molar-refractivity contribution in [1.29, 1.82) is 0 Å². The maximum Gasteiger partial charge on any atom is 0.324 e. The van der Waals surface area contributed by atoms with Gasteiger partial charge in [0.15, 0.2) is 0 Å². The Bertz CT molecular complexity index is 1590. The van der Waals surface area contributed by atoms with E-state index >= 15 is 0 Å². The first-order chi connectivity index (χ1) is 17.6. The molecule has 0 saturated carbocycles. The predicted molar refractivity (Wildman–Crippen MR) is 146 cm³/mol. The highest BCUT2D eigenvalue weighted by atomic mass is 32.2. The van der Waals surface area contributed by atoms with Gasteiger partial charge in [-0.3, -0.25) is 14.9 Å². The number of nitro groups is 1. The van der Waals surface area contributed by atoms with E-state index in [-0.39, 0.29) is 15.5 Å². The molecule has 0 fully saturated rings. The van der Waals surface area contributed by atoms with Crippen molar-refractivity contribution in [2.45, 2.75) is 25.7 Å². The van der Waals surface area contributed by atoms with Crippen molar-refractivity contribution < 1.29 is 18.1 Å². The molecular weight excluding hydrogens is 534 g/mol.